The molecule has 5 atom stereocenters. The number of phenols is 12. The van der Waals surface area contributed by atoms with E-state index >= 15 is 0 Å². The normalized spacial score (nSPS) is 21.8. The number of fused-ring (bicyclic) bond motifs is 8. The Morgan fingerprint density at radius 3 is 1.73 bits per heavy atom. The maximum absolute atomic E-state index is 13.4. The Bertz CT molecular complexity index is 2410. The first kappa shape index (κ1) is 34.6. The van der Waals surface area contributed by atoms with Gasteiger partial charge in [0.1, 0.15) is 46.7 Å². The minimum atomic E-state index is -2.41. The van der Waals surface area contributed by atoms with Crippen LogP contribution in [0.1, 0.15) is 50.2 Å². The van der Waals surface area contributed by atoms with Crippen LogP contribution in [0.5, 0.6) is 86.2 Å². The van der Waals surface area contributed by atoms with Crippen LogP contribution in [-0.2, 0) is 16.9 Å². The second-order valence-electron chi connectivity index (χ2n) is 13.1. The van der Waals surface area contributed by atoms with Crippen LogP contribution in [0.4, 0.5) is 0 Å². The molecule has 5 aromatic rings. The molecule has 3 aliphatic rings. The minimum Gasteiger partial charge on any atom is -0.508 e. The number of hydrogen-bond acceptors (Lipinski definition) is 18. The first-order valence-corrected chi connectivity index (χ1v) is 16.1. The average molecular weight is 761 g/mol. The van der Waals surface area contributed by atoms with Gasteiger partial charge in [0.25, 0.3) is 0 Å². The van der Waals surface area contributed by atoms with Gasteiger partial charge in [0.15, 0.2) is 57.8 Å². The highest BCUT2D eigenvalue weighted by atomic mass is 16.7. The molecule has 0 saturated heterocycles. The zero-order valence-electron chi connectivity index (χ0n) is 27.6. The van der Waals surface area contributed by atoms with Gasteiger partial charge in [0.2, 0.25) is 0 Å². The van der Waals surface area contributed by atoms with Gasteiger partial charge in [-0.1, -0.05) is 0 Å². The van der Waals surface area contributed by atoms with Gasteiger partial charge in [0, 0.05) is 52.4 Å². The van der Waals surface area contributed by atoms with Crippen molar-refractivity contribution in [2.45, 2.75) is 36.4 Å². The van der Waals surface area contributed by atoms with Gasteiger partial charge >= 0.3 is 11.8 Å². The number of phenolic OH excluding ortho intramolecular Hbond substituents is 12. The molecular weight excluding hydrogens is 732 g/mol. The Morgan fingerprint density at radius 1 is 0.618 bits per heavy atom. The second kappa shape index (κ2) is 11.8. The van der Waals surface area contributed by atoms with Gasteiger partial charge in [-0.15, -0.1) is 0 Å². The molecule has 0 aliphatic carbocycles. The van der Waals surface area contributed by atoms with Gasteiger partial charge in [-0.25, -0.2) is 4.79 Å². The third-order valence-corrected chi connectivity index (χ3v) is 9.76. The summed E-state index contributed by atoms with van der Waals surface area (Å²) in [5, 5.41) is 137. The maximum atomic E-state index is 13.4. The van der Waals surface area contributed by atoms with Crippen molar-refractivity contribution >= 4 is 5.97 Å². The Labute approximate surface area is 306 Å². The van der Waals surface area contributed by atoms with Crippen LogP contribution in [0.2, 0.25) is 0 Å². The lowest BCUT2D eigenvalue weighted by Crippen LogP contribution is -2.57. The van der Waals surface area contributed by atoms with Crippen LogP contribution in [-0.4, -0.2) is 84.6 Å². The van der Waals surface area contributed by atoms with E-state index in [1.165, 1.54) is 0 Å². The van der Waals surface area contributed by atoms with Crippen molar-refractivity contribution in [2.75, 3.05) is 0 Å². The fourth-order valence-corrected chi connectivity index (χ4v) is 7.24. The zero-order valence-corrected chi connectivity index (χ0v) is 27.6. The summed E-state index contributed by atoms with van der Waals surface area (Å²) in [4.78, 5) is 13.4. The van der Waals surface area contributed by atoms with Gasteiger partial charge in [-0.2, -0.15) is 0 Å². The standard InChI is InChI=1S/C37H28O18/c38-14-7-17(40)27-24(8-14)54-37(13-5-22(45)32(49)23(46)6-13)35(50)29(27)28-25(55-37)10-16(39)15-9-26(52-36(51)12-3-20(43)31(48)21(44)4-12)33(53-34(15)28)11-1-18(41)30(47)19(42)2-11/h1-8,10,26,29,33,35,38-50H,9H2/t26-,29-,33-,35-,37-/m1/s1. The smallest absolute Gasteiger partial charge is 0.338 e. The summed E-state index contributed by atoms with van der Waals surface area (Å²) in [5.74, 6) is -15.1. The predicted molar refractivity (Wildman–Crippen MR) is 179 cm³/mol. The second-order valence-corrected chi connectivity index (χ2v) is 13.1. The third-order valence-electron chi connectivity index (χ3n) is 9.76. The molecule has 284 valence electrons. The molecule has 55 heavy (non-hydrogen) atoms. The number of esters is 1. The molecule has 2 bridgehead atoms. The molecule has 3 aliphatic heterocycles. The van der Waals surface area contributed by atoms with Crippen molar-refractivity contribution in [1.82, 2.24) is 0 Å². The van der Waals surface area contributed by atoms with Crippen LogP contribution >= 0.6 is 0 Å². The molecule has 13 N–H and O–H groups in total. The summed E-state index contributed by atoms with van der Waals surface area (Å²) in [7, 11) is 0. The maximum Gasteiger partial charge on any atom is 0.338 e. The molecule has 0 amide bonds. The van der Waals surface area contributed by atoms with Crippen LogP contribution in [0.25, 0.3) is 0 Å². The largest absolute Gasteiger partial charge is 0.508 e. The highest BCUT2D eigenvalue weighted by Gasteiger charge is 2.60. The SMILES string of the molecule is O=C(O[C@@H]1Cc2c(O)cc3c(c2O[C@@H]1c1cc(O)c(O)c(O)c1)[C@H]1c2c(O)cc(O)cc2O[C@](c2cc(O)c(O)c(O)c2)(O3)[C@@H]1O)c1cc(O)c(O)c(O)c1. The summed E-state index contributed by atoms with van der Waals surface area (Å²) < 4.78 is 24.5. The average Bonchev–Trinajstić information content (AvgIpc) is 3.11. The molecule has 5 aromatic carbocycles. The van der Waals surface area contributed by atoms with Crippen molar-refractivity contribution in [1.29, 1.82) is 0 Å². The Morgan fingerprint density at radius 2 is 1.15 bits per heavy atom. The molecule has 3 heterocycles. The van der Waals surface area contributed by atoms with Crippen molar-refractivity contribution in [3.05, 3.63) is 88.0 Å². The van der Waals surface area contributed by atoms with Crippen molar-refractivity contribution in [3.8, 4) is 86.2 Å². The first-order chi connectivity index (χ1) is 26.0. The van der Waals surface area contributed by atoms with Crippen LogP contribution in [0, 0.1) is 0 Å². The van der Waals surface area contributed by atoms with Crippen LogP contribution in [0.3, 0.4) is 0 Å². The summed E-state index contributed by atoms with van der Waals surface area (Å²) in [6.45, 7) is 0. The van der Waals surface area contributed by atoms with Crippen LogP contribution in [0.15, 0.2) is 54.6 Å². The van der Waals surface area contributed by atoms with Gasteiger partial charge in [-0.3, -0.25) is 0 Å². The summed E-state index contributed by atoms with van der Waals surface area (Å²) >= 11 is 0. The number of aromatic hydroxyl groups is 12. The molecule has 0 saturated carbocycles. The van der Waals surface area contributed by atoms with E-state index in [4.69, 9.17) is 18.9 Å². The number of carbonyl (C=O) groups excluding carboxylic acids is 1. The highest BCUT2D eigenvalue weighted by Crippen LogP contribution is 2.63. The molecule has 0 radical (unpaired) electrons. The lowest BCUT2D eigenvalue weighted by atomic mass is 9.74. The van der Waals surface area contributed by atoms with Gasteiger partial charge < -0.3 is 85.3 Å². The fourth-order valence-electron chi connectivity index (χ4n) is 7.24. The Kier molecular flexibility index (Phi) is 7.41. The molecule has 0 spiro atoms. The van der Waals surface area contributed by atoms with Gasteiger partial charge in [0.05, 0.1) is 11.5 Å². The number of rotatable bonds is 4. The molecule has 18 nitrogen and oxygen atoms in total. The first-order valence-electron chi connectivity index (χ1n) is 16.1. The third kappa shape index (κ3) is 5.10. The minimum absolute atomic E-state index is 0.0518. The van der Waals surface area contributed by atoms with Crippen molar-refractivity contribution in [3.63, 3.8) is 0 Å². The van der Waals surface area contributed by atoms with E-state index in [2.05, 4.69) is 0 Å². The Balaban J connectivity index is 1.33. The molecule has 0 fully saturated rings. The van der Waals surface area contributed by atoms with Crippen LogP contribution < -0.4 is 14.2 Å². The van der Waals surface area contributed by atoms with Crippen molar-refractivity contribution in [2.24, 2.45) is 0 Å². The zero-order chi connectivity index (χ0) is 39.4. The summed E-state index contributed by atoms with van der Waals surface area (Å²) in [6, 6.07) is 8.57. The quantitative estimate of drug-likeness (QED) is 0.0924. The Hall–Kier alpha value is -7.47. The number of ether oxygens (including phenoxy) is 4. The van der Waals surface area contributed by atoms with E-state index in [9.17, 15) is 71.2 Å². The summed E-state index contributed by atoms with van der Waals surface area (Å²) in [5.41, 5.74) is -1.03. The van der Waals surface area contributed by atoms with Gasteiger partial charge in [-0.05, 0) is 36.4 Å². The summed E-state index contributed by atoms with van der Waals surface area (Å²) in [6.07, 6.45) is -5.31. The van der Waals surface area contributed by atoms with E-state index in [-0.39, 0.29) is 45.1 Å². The predicted octanol–water partition coefficient (Wildman–Crippen LogP) is 3.19. The lowest BCUT2D eigenvalue weighted by Gasteiger charge is -2.50. The number of benzene rings is 5. The van der Waals surface area contributed by atoms with E-state index in [1.54, 1.807) is 0 Å². The molecule has 8 rings (SSSR count). The number of carbonyl (C=O) groups is 1. The molecule has 0 aromatic heterocycles. The number of aliphatic hydroxyl groups is 1. The molecular formula is C37H28O18. The van der Waals surface area contributed by atoms with E-state index in [1.807, 2.05) is 0 Å². The van der Waals surface area contributed by atoms with E-state index < -0.39 is 117 Å². The number of aliphatic hydroxyl groups excluding tert-OH is 1. The van der Waals surface area contributed by atoms with E-state index in [0.29, 0.717) is 0 Å². The molecule has 0 unspecified atom stereocenters. The highest BCUT2D eigenvalue weighted by molar-refractivity contribution is 5.91. The topological polar surface area (TPSA) is 317 Å². The number of hydrogen-bond donors (Lipinski definition) is 13. The monoisotopic (exact) mass is 760 g/mol. The fraction of sp³-hybridized carbons (Fsp3) is 0.162. The van der Waals surface area contributed by atoms with E-state index in [0.717, 1.165) is 54.6 Å². The lowest BCUT2D eigenvalue weighted by molar-refractivity contribution is -0.219. The van der Waals surface area contributed by atoms with Crippen molar-refractivity contribution < 1.29 is 90.1 Å². The molecule has 18 heteroatoms.